The minimum atomic E-state index is -0.269. The zero-order valence-electron chi connectivity index (χ0n) is 17.0. The van der Waals surface area contributed by atoms with Crippen molar-refractivity contribution in [3.63, 3.8) is 0 Å². The number of hydrogen-bond donors (Lipinski definition) is 0. The fourth-order valence-corrected chi connectivity index (χ4v) is 5.25. The number of nitrogens with zero attached hydrogens (tertiary/aromatic N) is 6. The first-order valence-corrected chi connectivity index (χ1v) is 11.4. The van der Waals surface area contributed by atoms with Gasteiger partial charge in [0.05, 0.1) is 18.5 Å². The van der Waals surface area contributed by atoms with Crippen LogP contribution in [0.2, 0.25) is 0 Å². The second-order valence-corrected chi connectivity index (χ2v) is 8.62. The molecule has 0 spiro atoms. The Balaban J connectivity index is 1.58. The summed E-state index contributed by atoms with van der Waals surface area (Å²) in [6.07, 6.45) is 5.01. The maximum atomic E-state index is 13.4. The number of fused-ring (bicyclic) bond motifs is 1. The predicted octanol–water partition coefficient (Wildman–Crippen LogP) is 4.95. The van der Waals surface area contributed by atoms with Gasteiger partial charge in [-0.25, -0.2) is 14.4 Å². The summed E-state index contributed by atoms with van der Waals surface area (Å²) in [4.78, 5) is 13.9. The molecule has 7 nitrogen and oxygen atoms in total. The van der Waals surface area contributed by atoms with Gasteiger partial charge < -0.3 is 4.74 Å². The SMILES string of the molecule is COCCn1c(Sc2ncnc3scc(-c4ccc(F)cc4)c23)nnc1-c1ccncc1. The first kappa shape index (κ1) is 20.7. The van der Waals surface area contributed by atoms with E-state index in [1.54, 1.807) is 38.0 Å². The van der Waals surface area contributed by atoms with E-state index in [2.05, 4.69) is 25.1 Å². The third kappa shape index (κ3) is 3.99. The number of aromatic nitrogens is 6. The lowest BCUT2D eigenvalue weighted by molar-refractivity contribution is 0.185. The molecule has 0 radical (unpaired) electrons. The molecule has 5 aromatic rings. The van der Waals surface area contributed by atoms with Gasteiger partial charge in [-0.05, 0) is 41.6 Å². The minimum Gasteiger partial charge on any atom is -0.383 e. The second-order valence-electron chi connectivity index (χ2n) is 6.80. The van der Waals surface area contributed by atoms with Crippen molar-refractivity contribution < 1.29 is 9.13 Å². The molecular weight excluding hydrogens is 447 g/mol. The standard InChI is InChI=1S/C22H17FN6OS2/c1-30-11-10-29-19(15-6-8-24-9-7-15)27-28-22(29)32-21-18-17(12-31-20(18)25-13-26-21)14-2-4-16(23)5-3-14/h2-9,12-13H,10-11H2,1H3. The molecule has 0 amide bonds. The van der Waals surface area contributed by atoms with Crippen LogP contribution in [0.1, 0.15) is 0 Å². The zero-order valence-corrected chi connectivity index (χ0v) is 18.6. The van der Waals surface area contributed by atoms with Gasteiger partial charge in [-0.15, -0.1) is 21.5 Å². The Morgan fingerprint density at radius 3 is 2.62 bits per heavy atom. The van der Waals surface area contributed by atoms with Crippen LogP contribution in [0.4, 0.5) is 4.39 Å². The average Bonchev–Trinajstić information content (AvgIpc) is 3.44. The van der Waals surface area contributed by atoms with Crippen molar-refractivity contribution in [2.24, 2.45) is 0 Å². The maximum Gasteiger partial charge on any atom is 0.197 e. The van der Waals surface area contributed by atoms with Crippen molar-refractivity contribution in [3.05, 3.63) is 66.3 Å². The third-order valence-corrected chi connectivity index (χ3v) is 6.73. The van der Waals surface area contributed by atoms with Crippen LogP contribution in [0.5, 0.6) is 0 Å². The van der Waals surface area contributed by atoms with Crippen LogP contribution < -0.4 is 0 Å². The van der Waals surface area contributed by atoms with E-state index in [-0.39, 0.29) is 5.82 Å². The summed E-state index contributed by atoms with van der Waals surface area (Å²) < 4.78 is 20.8. The number of halogens is 1. The van der Waals surface area contributed by atoms with Crippen molar-refractivity contribution in [2.45, 2.75) is 16.7 Å². The Morgan fingerprint density at radius 2 is 1.84 bits per heavy atom. The van der Waals surface area contributed by atoms with Gasteiger partial charge in [-0.1, -0.05) is 12.1 Å². The summed E-state index contributed by atoms with van der Waals surface area (Å²) in [5.41, 5.74) is 2.80. The Bertz CT molecular complexity index is 1350. The van der Waals surface area contributed by atoms with Gasteiger partial charge in [0, 0.05) is 36.0 Å². The highest BCUT2D eigenvalue weighted by molar-refractivity contribution is 7.99. The largest absolute Gasteiger partial charge is 0.383 e. The zero-order chi connectivity index (χ0) is 21.9. The van der Waals surface area contributed by atoms with E-state index in [0.717, 1.165) is 37.8 Å². The van der Waals surface area contributed by atoms with Crippen LogP contribution in [-0.4, -0.2) is 43.4 Å². The molecule has 0 saturated carbocycles. The van der Waals surface area contributed by atoms with Gasteiger partial charge in [-0.3, -0.25) is 9.55 Å². The van der Waals surface area contributed by atoms with Crippen LogP contribution in [0.3, 0.4) is 0 Å². The lowest BCUT2D eigenvalue weighted by Crippen LogP contribution is -2.07. The van der Waals surface area contributed by atoms with Crippen LogP contribution >= 0.6 is 23.1 Å². The molecule has 0 unspecified atom stereocenters. The second kappa shape index (κ2) is 9.11. The fourth-order valence-electron chi connectivity index (χ4n) is 3.32. The molecule has 0 N–H and O–H groups in total. The number of ether oxygens (including phenoxy) is 1. The van der Waals surface area contributed by atoms with E-state index in [4.69, 9.17) is 4.74 Å². The van der Waals surface area contributed by atoms with Gasteiger partial charge in [0.1, 0.15) is 22.0 Å². The summed E-state index contributed by atoms with van der Waals surface area (Å²) in [6.45, 7) is 1.11. The normalized spacial score (nSPS) is 11.3. The topological polar surface area (TPSA) is 78.6 Å². The third-order valence-electron chi connectivity index (χ3n) is 4.85. The molecule has 10 heteroatoms. The van der Waals surface area contributed by atoms with Crippen molar-refractivity contribution in [1.29, 1.82) is 0 Å². The van der Waals surface area contributed by atoms with Gasteiger partial charge >= 0.3 is 0 Å². The van der Waals surface area contributed by atoms with E-state index in [9.17, 15) is 4.39 Å². The Morgan fingerprint density at radius 1 is 1.03 bits per heavy atom. The summed E-state index contributed by atoms with van der Waals surface area (Å²) in [7, 11) is 1.66. The molecule has 0 aliphatic carbocycles. The molecule has 4 aromatic heterocycles. The number of thiophene rings is 1. The monoisotopic (exact) mass is 464 g/mol. The molecule has 5 rings (SSSR count). The molecule has 0 aliphatic heterocycles. The number of rotatable bonds is 7. The molecule has 0 bridgehead atoms. The quantitative estimate of drug-likeness (QED) is 0.315. The summed E-state index contributed by atoms with van der Waals surface area (Å²) >= 11 is 2.96. The predicted molar refractivity (Wildman–Crippen MR) is 122 cm³/mol. The van der Waals surface area contributed by atoms with Crippen LogP contribution in [0.15, 0.2) is 70.7 Å². The van der Waals surface area contributed by atoms with Crippen LogP contribution in [-0.2, 0) is 11.3 Å². The van der Waals surface area contributed by atoms with E-state index < -0.39 is 0 Å². The van der Waals surface area contributed by atoms with E-state index in [0.29, 0.717) is 18.3 Å². The Labute approximate surface area is 191 Å². The molecular formula is C22H17FN6OS2. The van der Waals surface area contributed by atoms with Crippen molar-refractivity contribution in [1.82, 2.24) is 29.7 Å². The Kier molecular flexibility index (Phi) is 5.89. The highest BCUT2D eigenvalue weighted by Gasteiger charge is 2.19. The lowest BCUT2D eigenvalue weighted by Gasteiger charge is -2.10. The molecule has 0 fully saturated rings. The first-order valence-electron chi connectivity index (χ1n) is 9.73. The number of methoxy groups -OCH3 is 1. The van der Waals surface area contributed by atoms with Crippen molar-refractivity contribution >= 4 is 33.3 Å². The van der Waals surface area contributed by atoms with Gasteiger partial charge in [0.15, 0.2) is 11.0 Å². The number of benzene rings is 1. The van der Waals surface area contributed by atoms with Gasteiger partial charge in [0.25, 0.3) is 0 Å². The molecule has 4 heterocycles. The highest BCUT2D eigenvalue weighted by atomic mass is 32.2. The van der Waals surface area contributed by atoms with E-state index in [1.165, 1.54) is 35.2 Å². The fraction of sp³-hybridized carbons (Fsp3) is 0.136. The van der Waals surface area contributed by atoms with Crippen LogP contribution in [0.25, 0.3) is 32.7 Å². The van der Waals surface area contributed by atoms with Crippen molar-refractivity contribution in [2.75, 3.05) is 13.7 Å². The highest BCUT2D eigenvalue weighted by Crippen LogP contribution is 2.40. The van der Waals surface area contributed by atoms with E-state index in [1.807, 2.05) is 22.1 Å². The molecule has 0 saturated heterocycles. The van der Waals surface area contributed by atoms with E-state index >= 15 is 0 Å². The smallest absolute Gasteiger partial charge is 0.197 e. The maximum absolute atomic E-state index is 13.4. The number of pyridine rings is 1. The van der Waals surface area contributed by atoms with Crippen molar-refractivity contribution in [3.8, 4) is 22.5 Å². The van der Waals surface area contributed by atoms with Crippen LogP contribution in [0, 0.1) is 5.82 Å². The summed E-state index contributed by atoms with van der Waals surface area (Å²) in [5, 5.41) is 13.3. The summed E-state index contributed by atoms with van der Waals surface area (Å²) in [6, 6.07) is 10.2. The number of hydrogen-bond acceptors (Lipinski definition) is 8. The first-order chi connectivity index (χ1) is 15.7. The molecule has 0 atom stereocenters. The Hall–Kier alpha value is -3.21. The molecule has 32 heavy (non-hydrogen) atoms. The molecule has 1 aromatic carbocycles. The van der Waals surface area contributed by atoms with Gasteiger partial charge in [-0.2, -0.15) is 0 Å². The molecule has 0 aliphatic rings. The average molecular weight is 465 g/mol. The molecule has 160 valence electrons. The van der Waals surface area contributed by atoms with Gasteiger partial charge in [0.2, 0.25) is 0 Å². The summed E-state index contributed by atoms with van der Waals surface area (Å²) in [5.74, 6) is 0.468. The lowest BCUT2D eigenvalue weighted by atomic mass is 10.1. The minimum absolute atomic E-state index is 0.269.